The van der Waals surface area contributed by atoms with Crippen molar-refractivity contribution in [3.8, 4) is 5.75 Å². The van der Waals surface area contributed by atoms with Gasteiger partial charge in [-0.15, -0.1) is 0 Å². The van der Waals surface area contributed by atoms with Gasteiger partial charge in [0.2, 0.25) is 5.91 Å². The molecule has 0 fully saturated rings. The number of ether oxygens (including phenoxy) is 1. The number of hydrogen-bond acceptors (Lipinski definition) is 4. The molecule has 0 saturated carbocycles. The second-order valence-corrected chi connectivity index (χ2v) is 5.84. The van der Waals surface area contributed by atoms with Gasteiger partial charge in [0.15, 0.2) is 0 Å². The average molecular weight is 337 g/mol. The molecule has 0 bridgehead atoms. The highest BCUT2D eigenvalue weighted by Gasteiger charge is 2.14. The predicted octanol–water partition coefficient (Wildman–Crippen LogP) is 2.50. The Hall–Kier alpha value is -3.15. The van der Waals surface area contributed by atoms with Crippen LogP contribution in [-0.4, -0.2) is 22.4 Å². The van der Waals surface area contributed by atoms with E-state index >= 15 is 0 Å². The van der Waals surface area contributed by atoms with E-state index in [1.807, 2.05) is 25.1 Å². The van der Waals surface area contributed by atoms with Crippen LogP contribution in [0.5, 0.6) is 5.75 Å². The highest BCUT2D eigenvalue weighted by Crippen LogP contribution is 2.14. The van der Waals surface area contributed by atoms with Gasteiger partial charge < -0.3 is 10.1 Å². The third-order valence-electron chi connectivity index (χ3n) is 4.02. The van der Waals surface area contributed by atoms with E-state index in [1.54, 1.807) is 38.4 Å². The molecule has 1 aromatic carbocycles. The van der Waals surface area contributed by atoms with E-state index in [1.165, 1.54) is 4.40 Å². The van der Waals surface area contributed by atoms with Crippen molar-refractivity contribution in [2.75, 3.05) is 12.4 Å². The molecular formula is C19H19N3O3. The number of benzene rings is 1. The third kappa shape index (κ3) is 3.38. The van der Waals surface area contributed by atoms with Crippen molar-refractivity contribution in [1.82, 2.24) is 9.38 Å². The summed E-state index contributed by atoms with van der Waals surface area (Å²) in [6, 6.07) is 10.9. The maximum atomic E-state index is 12.7. The first-order chi connectivity index (χ1) is 12.0. The molecule has 6 nitrogen and oxygen atoms in total. The number of hydrogen-bond donors (Lipinski definition) is 1. The quantitative estimate of drug-likeness (QED) is 0.794. The Labute approximate surface area is 145 Å². The molecule has 6 heteroatoms. The molecule has 128 valence electrons. The largest absolute Gasteiger partial charge is 0.497 e. The Morgan fingerprint density at radius 3 is 2.60 bits per heavy atom. The van der Waals surface area contributed by atoms with Crippen molar-refractivity contribution in [2.24, 2.45) is 0 Å². The molecule has 0 spiro atoms. The van der Waals surface area contributed by atoms with E-state index < -0.39 is 0 Å². The maximum Gasteiger partial charge on any atom is 0.281 e. The summed E-state index contributed by atoms with van der Waals surface area (Å²) in [5.41, 5.74) is 2.76. The van der Waals surface area contributed by atoms with Gasteiger partial charge in [0.1, 0.15) is 17.1 Å². The maximum absolute atomic E-state index is 12.7. The zero-order valence-corrected chi connectivity index (χ0v) is 14.4. The lowest BCUT2D eigenvalue weighted by molar-refractivity contribution is -0.115. The minimum Gasteiger partial charge on any atom is -0.497 e. The van der Waals surface area contributed by atoms with Crippen molar-refractivity contribution >= 4 is 17.2 Å². The van der Waals surface area contributed by atoms with Gasteiger partial charge in [-0.2, -0.15) is 0 Å². The molecule has 25 heavy (non-hydrogen) atoms. The Morgan fingerprint density at radius 1 is 1.20 bits per heavy atom. The van der Waals surface area contributed by atoms with E-state index in [4.69, 9.17) is 4.74 Å². The van der Waals surface area contributed by atoms with E-state index in [0.29, 0.717) is 11.3 Å². The molecule has 3 rings (SSSR count). The molecule has 2 heterocycles. The molecule has 1 amide bonds. The Balaban J connectivity index is 1.87. The van der Waals surface area contributed by atoms with Crippen LogP contribution in [0, 0.1) is 13.8 Å². The monoisotopic (exact) mass is 337 g/mol. The van der Waals surface area contributed by atoms with Gasteiger partial charge in [-0.25, -0.2) is 4.98 Å². The Bertz CT molecular complexity index is 991. The van der Waals surface area contributed by atoms with Crippen LogP contribution in [-0.2, 0) is 11.2 Å². The van der Waals surface area contributed by atoms with Crippen molar-refractivity contribution in [1.29, 1.82) is 0 Å². The molecule has 0 aliphatic carbocycles. The first-order valence-corrected chi connectivity index (χ1v) is 7.91. The number of aryl methyl sites for hydroxylation is 2. The van der Waals surface area contributed by atoms with Crippen LogP contribution in [0.3, 0.4) is 0 Å². The number of nitrogens with zero attached hydrogens (tertiary/aromatic N) is 2. The van der Waals surface area contributed by atoms with Gasteiger partial charge in [0.05, 0.1) is 19.2 Å². The van der Waals surface area contributed by atoms with E-state index in [2.05, 4.69) is 10.3 Å². The van der Waals surface area contributed by atoms with Gasteiger partial charge in [0, 0.05) is 6.20 Å². The van der Waals surface area contributed by atoms with E-state index in [0.717, 1.165) is 16.9 Å². The van der Waals surface area contributed by atoms with Crippen LogP contribution in [0.2, 0.25) is 0 Å². The zero-order valence-electron chi connectivity index (χ0n) is 14.4. The van der Waals surface area contributed by atoms with Crippen LogP contribution in [0.4, 0.5) is 5.69 Å². The van der Waals surface area contributed by atoms with Gasteiger partial charge >= 0.3 is 0 Å². The number of fused-ring (bicyclic) bond motifs is 1. The number of nitrogens with one attached hydrogen (secondary N) is 1. The smallest absolute Gasteiger partial charge is 0.281 e. The van der Waals surface area contributed by atoms with Gasteiger partial charge in [0.25, 0.3) is 5.56 Å². The normalized spacial score (nSPS) is 10.7. The molecule has 2 aromatic heterocycles. The van der Waals surface area contributed by atoms with Crippen LogP contribution < -0.4 is 15.6 Å². The first-order valence-electron chi connectivity index (χ1n) is 7.91. The molecule has 0 aliphatic rings. The highest BCUT2D eigenvalue weighted by molar-refractivity contribution is 5.92. The molecule has 3 aromatic rings. The fourth-order valence-electron chi connectivity index (χ4n) is 2.66. The summed E-state index contributed by atoms with van der Waals surface area (Å²) in [7, 11) is 1.59. The second kappa shape index (κ2) is 6.76. The number of carbonyl (C=O) groups is 1. The number of aromatic nitrogens is 2. The van der Waals surface area contributed by atoms with Crippen molar-refractivity contribution < 1.29 is 9.53 Å². The number of amides is 1. The number of rotatable bonds is 4. The summed E-state index contributed by atoms with van der Waals surface area (Å²) in [5.74, 6) is 0.465. The van der Waals surface area contributed by atoms with Crippen molar-refractivity contribution in [3.63, 3.8) is 0 Å². The van der Waals surface area contributed by atoms with Crippen molar-refractivity contribution in [3.05, 3.63) is 69.8 Å². The van der Waals surface area contributed by atoms with Crippen LogP contribution in [0.25, 0.3) is 5.65 Å². The third-order valence-corrected chi connectivity index (χ3v) is 4.02. The topological polar surface area (TPSA) is 72.7 Å². The first kappa shape index (κ1) is 16.7. The fraction of sp³-hybridized carbons (Fsp3) is 0.211. The van der Waals surface area contributed by atoms with Gasteiger partial charge in [-0.3, -0.25) is 14.0 Å². The Kier molecular flexibility index (Phi) is 4.52. The molecule has 0 unspecified atom stereocenters. The molecular weight excluding hydrogens is 318 g/mol. The lowest BCUT2D eigenvalue weighted by Crippen LogP contribution is -2.26. The van der Waals surface area contributed by atoms with E-state index in [9.17, 15) is 9.59 Å². The van der Waals surface area contributed by atoms with Gasteiger partial charge in [-0.05, 0) is 43.2 Å². The van der Waals surface area contributed by atoms with Crippen molar-refractivity contribution in [2.45, 2.75) is 20.3 Å². The molecule has 0 aliphatic heterocycles. The SMILES string of the molecule is COc1ccc(CC(=O)Nc2c(C)nc3c(C)cccn3c2=O)cc1. The van der Waals surface area contributed by atoms with Crippen LogP contribution in [0.15, 0.2) is 47.4 Å². The standard InChI is InChI=1S/C19H19N3O3/c1-12-5-4-10-22-18(12)20-13(2)17(19(22)24)21-16(23)11-14-6-8-15(25-3)9-7-14/h4-10H,11H2,1-3H3,(H,21,23). The molecule has 0 saturated heterocycles. The summed E-state index contributed by atoms with van der Waals surface area (Å²) in [6.07, 6.45) is 1.82. The summed E-state index contributed by atoms with van der Waals surface area (Å²) in [4.78, 5) is 29.4. The summed E-state index contributed by atoms with van der Waals surface area (Å²) >= 11 is 0. The van der Waals surface area contributed by atoms with Gasteiger partial charge in [-0.1, -0.05) is 18.2 Å². The fourth-order valence-corrected chi connectivity index (χ4v) is 2.66. The number of methoxy groups -OCH3 is 1. The molecule has 0 radical (unpaired) electrons. The minimum absolute atomic E-state index is 0.166. The van der Waals surface area contributed by atoms with E-state index in [-0.39, 0.29) is 23.6 Å². The predicted molar refractivity (Wildman–Crippen MR) is 96.3 cm³/mol. The number of anilines is 1. The lowest BCUT2D eigenvalue weighted by atomic mass is 10.1. The molecule has 0 atom stereocenters. The highest BCUT2D eigenvalue weighted by atomic mass is 16.5. The Morgan fingerprint density at radius 2 is 1.92 bits per heavy atom. The summed E-state index contributed by atoms with van der Waals surface area (Å²) in [5, 5.41) is 2.70. The number of pyridine rings is 1. The average Bonchev–Trinajstić information content (AvgIpc) is 2.60. The second-order valence-electron chi connectivity index (χ2n) is 5.84. The lowest BCUT2D eigenvalue weighted by Gasteiger charge is -2.11. The summed E-state index contributed by atoms with van der Waals surface area (Å²) in [6.45, 7) is 3.61. The number of carbonyl (C=O) groups excluding carboxylic acids is 1. The minimum atomic E-state index is -0.283. The van der Waals surface area contributed by atoms with Crippen LogP contribution in [0.1, 0.15) is 16.8 Å². The zero-order chi connectivity index (χ0) is 18.0. The summed E-state index contributed by atoms with van der Waals surface area (Å²) < 4.78 is 6.55. The molecule has 1 N–H and O–H groups in total. The van der Waals surface area contributed by atoms with Crippen LogP contribution >= 0.6 is 0 Å².